The van der Waals surface area contributed by atoms with E-state index in [1.807, 2.05) is 41.2 Å². The second-order valence-electron chi connectivity index (χ2n) is 4.25. The zero-order valence-corrected chi connectivity index (χ0v) is 11.4. The molecule has 0 unspecified atom stereocenters. The van der Waals surface area contributed by atoms with Crippen LogP contribution in [0.3, 0.4) is 0 Å². The van der Waals surface area contributed by atoms with Gasteiger partial charge in [-0.15, -0.1) is 0 Å². The maximum Gasteiger partial charge on any atom is 0.251 e. The van der Waals surface area contributed by atoms with E-state index in [1.165, 1.54) is 11.3 Å². The maximum absolute atomic E-state index is 11.8. The number of nitrogens with one attached hydrogen (secondary N) is 1. The Labute approximate surface area is 119 Å². The van der Waals surface area contributed by atoms with E-state index in [2.05, 4.69) is 10.3 Å². The molecule has 0 saturated heterocycles. The minimum Gasteiger partial charge on any atom is -0.395 e. The third kappa shape index (κ3) is 2.43. The van der Waals surface area contributed by atoms with Crippen molar-refractivity contribution in [2.45, 2.75) is 0 Å². The largest absolute Gasteiger partial charge is 0.395 e. The molecule has 0 aliphatic rings. The summed E-state index contributed by atoms with van der Waals surface area (Å²) in [6.07, 6.45) is 3.87. The van der Waals surface area contributed by atoms with Gasteiger partial charge in [-0.2, -0.15) is 0 Å². The van der Waals surface area contributed by atoms with E-state index < -0.39 is 0 Å². The van der Waals surface area contributed by atoms with Crippen LogP contribution in [0.2, 0.25) is 0 Å². The maximum atomic E-state index is 11.8. The summed E-state index contributed by atoms with van der Waals surface area (Å²) in [5.41, 5.74) is 1.45. The average molecular weight is 287 g/mol. The molecule has 2 heterocycles. The molecule has 0 radical (unpaired) electrons. The Morgan fingerprint density at radius 2 is 2.15 bits per heavy atom. The number of nitrogens with zero attached hydrogens (tertiary/aromatic N) is 2. The minimum absolute atomic E-state index is 0.0632. The molecule has 0 aliphatic carbocycles. The van der Waals surface area contributed by atoms with Gasteiger partial charge in [0.15, 0.2) is 5.13 Å². The molecule has 0 bridgehead atoms. The third-order valence-corrected chi connectivity index (χ3v) is 3.89. The van der Waals surface area contributed by atoms with Crippen molar-refractivity contribution in [2.24, 2.45) is 0 Å². The second kappa shape index (κ2) is 5.44. The highest BCUT2D eigenvalue weighted by Crippen LogP contribution is 2.25. The first kappa shape index (κ1) is 12.8. The smallest absolute Gasteiger partial charge is 0.251 e. The lowest BCUT2D eigenvalue weighted by Gasteiger charge is -2.02. The van der Waals surface area contributed by atoms with Crippen LogP contribution in [-0.4, -0.2) is 33.7 Å². The molecule has 0 spiro atoms. The van der Waals surface area contributed by atoms with Crippen LogP contribution >= 0.6 is 11.3 Å². The molecule has 0 fully saturated rings. The van der Waals surface area contributed by atoms with Crippen molar-refractivity contribution < 1.29 is 9.90 Å². The molecule has 5 nitrogen and oxygen atoms in total. The van der Waals surface area contributed by atoms with Gasteiger partial charge in [0.25, 0.3) is 5.91 Å². The van der Waals surface area contributed by atoms with Crippen molar-refractivity contribution in [3.05, 3.63) is 48.3 Å². The first-order valence-electron chi connectivity index (χ1n) is 6.21. The number of hydrogen-bond donors (Lipinski definition) is 2. The number of aliphatic hydroxyl groups is 1. The van der Waals surface area contributed by atoms with Crippen molar-refractivity contribution in [3.63, 3.8) is 0 Å². The highest BCUT2D eigenvalue weighted by molar-refractivity contribution is 7.20. The first-order valence-corrected chi connectivity index (χ1v) is 7.02. The molecule has 3 aromatic rings. The summed E-state index contributed by atoms with van der Waals surface area (Å²) in [6, 6.07) is 9.30. The number of thiazole rings is 1. The van der Waals surface area contributed by atoms with E-state index in [9.17, 15) is 4.79 Å². The molecule has 3 rings (SSSR count). The highest BCUT2D eigenvalue weighted by atomic mass is 32.1. The SMILES string of the molecule is O=C(NCCO)c1ccc2nc(-n3cccc3)sc2c1. The molecular weight excluding hydrogens is 274 g/mol. The summed E-state index contributed by atoms with van der Waals surface area (Å²) in [5, 5.41) is 12.2. The summed E-state index contributed by atoms with van der Waals surface area (Å²) in [6.45, 7) is 0.195. The van der Waals surface area contributed by atoms with Crippen LogP contribution in [0.1, 0.15) is 10.4 Å². The van der Waals surface area contributed by atoms with Gasteiger partial charge in [0.1, 0.15) is 0 Å². The van der Waals surface area contributed by atoms with Gasteiger partial charge in [0.2, 0.25) is 0 Å². The average Bonchev–Trinajstić information content (AvgIpc) is 3.11. The summed E-state index contributed by atoms with van der Waals surface area (Å²) in [4.78, 5) is 16.4. The minimum atomic E-state index is -0.183. The summed E-state index contributed by atoms with van der Waals surface area (Å²) >= 11 is 1.53. The van der Waals surface area contributed by atoms with Crippen LogP contribution in [0.15, 0.2) is 42.7 Å². The standard InChI is InChI=1S/C14H13N3O2S/c18-8-5-15-13(19)10-3-4-11-12(9-10)20-14(16-11)17-6-1-2-7-17/h1-4,6-7,9,18H,5,8H2,(H,15,19). The predicted molar refractivity (Wildman–Crippen MR) is 78.4 cm³/mol. The van der Waals surface area contributed by atoms with E-state index >= 15 is 0 Å². The number of carbonyl (C=O) groups excluding carboxylic acids is 1. The Balaban J connectivity index is 1.93. The molecule has 6 heteroatoms. The van der Waals surface area contributed by atoms with Gasteiger partial charge in [-0.1, -0.05) is 11.3 Å². The number of aromatic nitrogens is 2. The van der Waals surface area contributed by atoms with Crippen molar-refractivity contribution in [2.75, 3.05) is 13.2 Å². The van der Waals surface area contributed by atoms with Crippen LogP contribution < -0.4 is 5.32 Å². The highest BCUT2D eigenvalue weighted by Gasteiger charge is 2.09. The third-order valence-electron chi connectivity index (χ3n) is 2.86. The summed E-state index contributed by atoms with van der Waals surface area (Å²) < 4.78 is 2.90. The second-order valence-corrected chi connectivity index (χ2v) is 5.26. The van der Waals surface area contributed by atoms with Gasteiger partial charge in [0, 0.05) is 24.5 Å². The molecular formula is C14H13N3O2S. The van der Waals surface area contributed by atoms with E-state index in [-0.39, 0.29) is 19.1 Å². The fraction of sp³-hybridized carbons (Fsp3) is 0.143. The monoisotopic (exact) mass is 287 g/mol. The van der Waals surface area contributed by atoms with Crippen molar-refractivity contribution in [1.82, 2.24) is 14.9 Å². The lowest BCUT2D eigenvalue weighted by molar-refractivity contribution is 0.0945. The molecule has 0 aliphatic heterocycles. The first-order chi connectivity index (χ1) is 9.78. The van der Waals surface area contributed by atoms with Gasteiger partial charge in [0.05, 0.1) is 16.8 Å². The Morgan fingerprint density at radius 3 is 2.90 bits per heavy atom. The zero-order chi connectivity index (χ0) is 13.9. The number of amides is 1. The van der Waals surface area contributed by atoms with Crippen LogP contribution in [-0.2, 0) is 0 Å². The van der Waals surface area contributed by atoms with Gasteiger partial charge < -0.3 is 15.0 Å². The van der Waals surface area contributed by atoms with Crippen LogP contribution in [0.25, 0.3) is 15.3 Å². The summed E-state index contributed by atoms with van der Waals surface area (Å²) in [7, 11) is 0. The van der Waals surface area contributed by atoms with Crippen molar-refractivity contribution in [1.29, 1.82) is 0 Å². The van der Waals surface area contributed by atoms with E-state index in [0.29, 0.717) is 5.56 Å². The number of hydrogen-bond acceptors (Lipinski definition) is 4. The van der Waals surface area contributed by atoms with E-state index in [4.69, 9.17) is 5.11 Å². The number of fused-ring (bicyclic) bond motifs is 1. The molecule has 2 N–H and O–H groups in total. The zero-order valence-electron chi connectivity index (χ0n) is 10.6. The van der Waals surface area contributed by atoms with Crippen LogP contribution in [0, 0.1) is 0 Å². The number of rotatable bonds is 4. The molecule has 1 aromatic carbocycles. The Bertz CT molecular complexity index is 734. The van der Waals surface area contributed by atoms with E-state index in [1.54, 1.807) is 6.07 Å². The van der Waals surface area contributed by atoms with Gasteiger partial charge in [-0.05, 0) is 30.3 Å². The molecule has 102 valence electrons. The van der Waals surface area contributed by atoms with Crippen LogP contribution in [0.4, 0.5) is 0 Å². The molecule has 0 atom stereocenters. The Kier molecular flexibility index (Phi) is 3.49. The topological polar surface area (TPSA) is 67.2 Å². The van der Waals surface area contributed by atoms with Crippen molar-refractivity contribution >= 4 is 27.5 Å². The number of aliphatic hydroxyl groups excluding tert-OH is 1. The Hall–Kier alpha value is -2.18. The summed E-state index contributed by atoms with van der Waals surface area (Å²) in [5.74, 6) is -0.183. The van der Waals surface area contributed by atoms with Gasteiger partial charge >= 0.3 is 0 Å². The number of benzene rings is 1. The quantitative estimate of drug-likeness (QED) is 0.769. The molecule has 2 aromatic heterocycles. The number of carbonyl (C=O) groups is 1. The lowest BCUT2D eigenvalue weighted by atomic mass is 10.2. The predicted octanol–water partition coefficient (Wildman–Crippen LogP) is 1.81. The fourth-order valence-corrected chi connectivity index (χ4v) is 2.87. The molecule has 1 amide bonds. The van der Waals surface area contributed by atoms with Crippen LogP contribution in [0.5, 0.6) is 0 Å². The van der Waals surface area contributed by atoms with Crippen molar-refractivity contribution in [3.8, 4) is 5.13 Å². The Morgan fingerprint density at radius 1 is 1.35 bits per heavy atom. The molecule has 20 heavy (non-hydrogen) atoms. The van der Waals surface area contributed by atoms with E-state index in [0.717, 1.165) is 15.3 Å². The fourth-order valence-electron chi connectivity index (χ4n) is 1.90. The van der Waals surface area contributed by atoms with Gasteiger partial charge in [-0.3, -0.25) is 4.79 Å². The normalized spacial score (nSPS) is 10.8. The molecule has 0 saturated carbocycles. The lowest BCUT2D eigenvalue weighted by Crippen LogP contribution is -2.26. The van der Waals surface area contributed by atoms with Gasteiger partial charge in [-0.25, -0.2) is 4.98 Å².